The fraction of sp³-hybridized carbons (Fsp3) is 0.647. The molecule has 0 radical (unpaired) electrons. The van der Waals surface area contributed by atoms with Gasteiger partial charge in [0.2, 0.25) is 0 Å². The van der Waals surface area contributed by atoms with Crippen LogP contribution in [0.2, 0.25) is 0 Å². The van der Waals surface area contributed by atoms with Crippen LogP contribution in [0, 0.1) is 18.8 Å². The SMILES string of the molecule is Cc1cc(N2CC(C)CC(C)C2)ccc1CC(C)N. The van der Waals surface area contributed by atoms with Crippen molar-refractivity contribution in [2.24, 2.45) is 17.6 Å². The molecule has 2 heteroatoms. The van der Waals surface area contributed by atoms with Crippen molar-refractivity contribution in [1.82, 2.24) is 0 Å². The Morgan fingerprint density at radius 3 is 2.42 bits per heavy atom. The third kappa shape index (κ3) is 3.73. The lowest BCUT2D eigenvalue weighted by molar-refractivity contribution is 0.357. The summed E-state index contributed by atoms with van der Waals surface area (Å²) in [5.74, 6) is 1.60. The zero-order valence-corrected chi connectivity index (χ0v) is 12.8. The van der Waals surface area contributed by atoms with Gasteiger partial charge >= 0.3 is 0 Å². The number of benzene rings is 1. The minimum Gasteiger partial charge on any atom is -0.371 e. The van der Waals surface area contributed by atoms with E-state index in [1.165, 1.54) is 36.3 Å². The summed E-state index contributed by atoms with van der Waals surface area (Å²) in [6.45, 7) is 11.4. The van der Waals surface area contributed by atoms with Crippen molar-refractivity contribution in [2.45, 2.75) is 46.6 Å². The molecular formula is C17H28N2. The van der Waals surface area contributed by atoms with Gasteiger partial charge in [-0.3, -0.25) is 0 Å². The number of aryl methyl sites for hydroxylation is 1. The molecular weight excluding hydrogens is 232 g/mol. The molecule has 3 atom stereocenters. The van der Waals surface area contributed by atoms with Gasteiger partial charge in [-0.1, -0.05) is 19.9 Å². The van der Waals surface area contributed by atoms with Gasteiger partial charge in [-0.15, -0.1) is 0 Å². The molecule has 0 saturated carbocycles. The number of nitrogens with zero attached hydrogens (tertiary/aromatic N) is 1. The first-order valence-corrected chi connectivity index (χ1v) is 7.55. The first-order chi connectivity index (χ1) is 8.95. The minimum absolute atomic E-state index is 0.236. The second kappa shape index (κ2) is 5.96. The van der Waals surface area contributed by atoms with Gasteiger partial charge in [-0.05, 0) is 61.8 Å². The van der Waals surface area contributed by atoms with Crippen LogP contribution in [0.5, 0.6) is 0 Å². The largest absolute Gasteiger partial charge is 0.371 e. The number of anilines is 1. The van der Waals surface area contributed by atoms with Crippen LogP contribution in [-0.2, 0) is 6.42 Å². The summed E-state index contributed by atoms with van der Waals surface area (Å²) < 4.78 is 0. The zero-order chi connectivity index (χ0) is 14.0. The number of hydrogen-bond donors (Lipinski definition) is 1. The maximum absolute atomic E-state index is 5.90. The van der Waals surface area contributed by atoms with Gasteiger partial charge < -0.3 is 10.6 Å². The lowest BCUT2D eigenvalue weighted by Crippen LogP contribution is -2.38. The summed E-state index contributed by atoms with van der Waals surface area (Å²) in [4.78, 5) is 2.54. The van der Waals surface area contributed by atoms with E-state index in [4.69, 9.17) is 5.73 Å². The molecule has 1 saturated heterocycles. The monoisotopic (exact) mass is 260 g/mol. The molecule has 0 amide bonds. The fourth-order valence-corrected chi connectivity index (χ4v) is 3.33. The first kappa shape index (κ1) is 14.4. The van der Waals surface area contributed by atoms with E-state index in [2.05, 4.69) is 50.8 Å². The van der Waals surface area contributed by atoms with Crippen LogP contribution in [0.4, 0.5) is 5.69 Å². The molecule has 106 valence electrons. The van der Waals surface area contributed by atoms with Crippen molar-refractivity contribution in [1.29, 1.82) is 0 Å². The molecule has 2 rings (SSSR count). The van der Waals surface area contributed by atoms with E-state index >= 15 is 0 Å². The maximum atomic E-state index is 5.90. The molecule has 0 bridgehead atoms. The summed E-state index contributed by atoms with van der Waals surface area (Å²) >= 11 is 0. The molecule has 0 spiro atoms. The molecule has 19 heavy (non-hydrogen) atoms. The normalized spacial score (nSPS) is 25.4. The summed E-state index contributed by atoms with van der Waals surface area (Å²) in [5, 5.41) is 0. The summed E-state index contributed by atoms with van der Waals surface area (Å²) in [6.07, 6.45) is 2.33. The van der Waals surface area contributed by atoms with Crippen LogP contribution in [0.1, 0.15) is 38.3 Å². The lowest BCUT2D eigenvalue weighted by Gasteiger charge is -2.37. The highest BCUT2D eigenvalue weighted by molar-refractivity contribution is 5.51. The Hall–Kier alpha value is -1.02. The first-order valence-electron chi connectivity index (χ1n) is 7.55. The average molecular weight is 260 g/mol. The summed E-state index contributed by atoms with van der Waals surface area (Å²) in [6, 6.07) is 7.11. The summed E-state index contributed by atoms with van der Waals surface area (Å²) in [7, 11) is 0. The highest BCUT2D eigenvalue weighted by Gasteiger charge is 2.22. The lowest BCUT2D eigenvalue weighted by atomic mass is 9.91. The zero-order valence-electron chi connectivity index (χ0n) is 12.8. The van der Waals surface area contributed by atoms with Gasteiger partial charge in [-0.25, -0.2) is 0 Å². The Labute approximate surface area is 118 Å². The highest BCUT2D eigenvalue weighted by atomic mass is 15.1. The third-order valence-electron chi connectivity index (χ3n) is 4.10. The van der Waals surface area contributed by atoms with E-state index < -0.39 is 0 Å². The Morgan fingerprint density at radius 2 is 1.89 bits per heavy atom. The molecule has 1 aromatic rings. The molecule has 2 nitrogen and oxygen atoms in total. The van der Waals surface area contributed by atoms with E-state index in [1.54, 1.807) is 0 Å². The Bertz CT molecular complexity index is 415. The fourth-order valence-electron chi connectivity index (χ4n) is 3.33. The minimum atomic E-state index is 0.236. The molecule has 1 aromatic carbocycles. The van der Waals surface area contributed by atoms with Crippen LogP contribution in [-0.4, -0.2) is 19.1 Å². The van der Waals surface area contributed by atoms with Gasteiger partial charge in [0.05, 0.1) is 0 Å². The topological polar surface area (TPSA) is 29.3 Å². The Kier molecular flexibility index (Phi) is 4.51. The van der Waals surface area contributed by atoms with Crippen molar-refractivity contribution in [3.05, 3.63) is 29.3 Å². The van der Waals surface area contributed by atoms with Crippen LogP contribution in [0.15, 0.2) is 18.2 Å². The van der Waals surface area contributed by atoms with Crippen LogP contribution >= 0.6 is 0 Å². The standard InChI is InChI=1S/C17H28N2/c1-12-7-13(2)11-19(10-12)17-6-5-16(9-15(4)18)14(3)8-17/h5-6,8,12-13,15H,7,9-11,18H2,1-4H3. The quantitative estimate of drug-likeness (QED) is 0.903. The second-order valence-corrected chi connectivity index (χ2v) is 6.64. The second-order valence-electron chi connectivity index (χ2n) is 6.64. The van der Waals surface area contributed by atoms with Gasteiger partial charge in [0.25, 0.3) is 0 Å². The van der Waals surface area contributed by atoms with Crippen LogP contribution in [0.25, 0.3) is 0 Å². The van der Waals surface area contributed by atoms with E-state index in [0.717, 1.165) is 18.3 Å². The number of nitrogens with two attached hydrogens (primary N) is 1. The smallest absolute Gasteiger partial charge is 0.0369 e. The molecule has 0 aliphatic carbocycles. The number of hydrogen-bond acceptors (Lipinski definition) is 2. The van der Waals surface area contributed by atoms with Gasteiger partial charge in [0.15, 0.2) is 0 Å². The molecule has 2 N–H and O–H groups in total. The van der Waals surface area contributed by atoms with E-state index in [9.17, 15) is 0 Å². The van der Waals surface area contributed by atoms with Crippen molar-refractivity contribution in [3.63, 3.8) is 0 Å². The summed E-state index contributed by atoms with van der Waals surface area (Å²) in [5.41, 5.74) is 10.0. The number of rotatable bonds is 3. The molecule has 1 aliphatic rings. The highest BCUT2D eigenvalue weighted by Crippen LogP contribution is 2.27. The molecule has 3 unspecified atom stereocenters. The Morgan fingerprint density at radius 1 is 1.26 bits per heavy atom. The van der Waals surface area contributed by atoms with Gasteiger partial charge in [0.1, 0.15) is 0 Å². The van der Waals surface area contributed by atoms with Crippen molar-refractivity contribution < 1.29 is 0 Å². The van der Waals surface area contributed by atoms with Crippen LogP contribution < -0.4 is 10.6 Å². The Balaban J connectivity index is 2.15. The van der Waals surface area contributed by atoms with Crippen molar-refractivity contribution in [2.75, 3.05) is 18.0 Å². The van der Waals surface area contributed by atoms with E-state index in [0.29, 0.717) is 0 Å². The van der Waals surface area contributed by atoms with E-state index in [-0.39, 0.29) is 6.04 Å². The average Bonchev–Trinajstić information content (AvgIpc) is 2.30. The molecule has 1 heterocycles. The molecule has 1 fully saturated rings. The van der Waals surface area contributed by atoms with Gasteiger partial charge in [0, 0.05) is 24.8 Å². The maximum Gasteiger partial charge on any atom is 0.0369 e. The third-order valence-corrected chi connectivity index (χ3v) is 4.10. The number of piperidine rings is 1. The predicted octanol–water partition coefficient (Wildman–Crippen LogP) is 3.37. The van der Waals surface area contributed by atoms with E-state index in [1.807, 2.05) is 0 Å². The predicted molar refractivity (Wildman–Crippen MR) is 83.7 cm³/mol. The van der Waals surface area contributed by atoms with Crippen molar-refractivity contribution >= 4 is 5.69 Å². The molecule has 0 aromatic heterocycles. The van der Waals surface area contributed by atoms with Crippen LogP contribution in [0.3, 0.4) is 0 Å². The molecule has 1 aliphatic heterocycles. The van der Waals surface area contributed by atoms with Crippen molar-refractivity contribution in [3.8, 4) is 0 Å². The van der Waals surface area contributed by atoms with Gasteiger partial charge in [-0.2, -0.15) is 0 Å².